The van der Waals surface area contributed by atoms with Gasteiger partial charge < -0.3 is 5.11 Å². The van der Waals surface area contributed by atoms with Crippen molar-refractivity contribution in [2.24, 2.45) is 0 Å². The van der Waals surface area contributed by atoms with E-state index in [1.54, 1.807) is 12.1 Å². The van der Waals surface area contributed by atoms with E-state index in [-0.39, 0.29) is 5.82 Å². The van der Waals surface area contributed by atoms with Crippen LogP contribution in [0.25, 0.3) is 0 Å². The Morgan fingerprint density at radius 3 is 2.82 bits per heavy atom. The molecule has 0 spiro atoms. The molecule has 0 aliphatic rings. The zero-order chi connectivity index (χ0) is 12.3. The number of nitrogens with zero attached hydrogens (tertiary/aromatic N) is 2. The van der Waals surface area contributed by atoms with E-state index in [1.807, 2.05) is 0 Å². The Bertz CT molecular complexity index is 507. The summed E-state index contributed by atoms with van der Waals surface area (Å²) in [5, 5.41) is 17.3. The summed E-state index contributed by atoms with van der Waals surface area (Å²) in [6, 6.07) is 6.09. The summed E-state index contributed by atoms with van der Waals surface area (Å²) in [5.41, 5.74) is 1.38. The largest absolute Gasteiger partial charge is 0.388 e. The van der Waals surface area contributed by atoms with Crippen LogP contribution in [0, 0.1) is 5.82 Å². The van der Waals surface area contributed by atoms with Gasteiger partial charge in [-0.05, 0) is 29.8 Å². The van der Waals surface area contributed by atoms with Crippen LogP contribution >= 0.6 is 15.9 Å². The van der Waals surface area contributed by atoms with Crippen LogP contribution in [-0.4, -0.2) is 15.3 Å². The third-order valence-electron chi connectivity index (χ3n) is 2.41. The second kappa shape index (κ2) is 5.33. The van der Waals surface area contributed by atoms with E-state index in [4.69, 9.17) is 0 Å². The quantitative estimate of drug-likeness (QED) is 0.947. The van der Waals surface area contributed by atoms with E-state index < -0.39 is 6.10 Å². The molecule has 0 bridgehead atoms. The van der Waals surface area contributed by atoms with Crippen molar-refractivity contribution >= 4 is 15.9 Å². The number of hydrogen-bond donors (Lipinski definition) is 1. The van der Waals surface area contributed by atoms with Crippen molar-refractivity contribution in [2.45, 2.75) is 12.5 Å². The molecule has 1 unspecified atom stereocenters. The number of hydrogen-bond acceptors (Lipinski definition) is 3. The summed E-state index contributed by atoms with van der Waals surface area (Å²) in [6.07, 6.45) is 2.62. The molecule has 5 heteroatoms. The zero-order valence-electron chi connectivity index (χ0n) is 8.85. The second-order valence-electron chi connectivity index (χ2n) is 3.63. The monoisotopic (exact) mass is 296 g/mol. The second-order valence-corrected chi connectivity index (χ2v) is 4.49. The first-order valence-electron chi connectivity index (χ1n) is 5.05. The first-order valence-corrected chi connectivity index (χ1v) is 5.84. The third kappa shape index (κ3) is 3.08. The van der Waals surface area contributed by atoms with Gasteiger partial charge in [0.25, 0.3) is 0 Å². The molecule has 88 valence electrons. The van der Waals surface area contributed by atoms with Gasteiger partial charge in [0.1, 0.15) is 5.82 Å². The fourth-order valence-corrected chi connectivity index (χ4v) is 1.93. The van der Waals surface area contributed by atoms with Crippen LogP contribution in [0.3, 0.4) is 0 Å². The van der Waals surface area contributed by atoms with Gasteiger partial charge in [0.15, 0.2) is 0 Å². The predicted molar refractivity (Wildman–Crippen MR) is 64.8 cm³/mol. The average Bonchev–Trinajstić information content (AvgIpc) is 2.35. The van der Waals surface area contributed by atoms with Gasteiger partial charge in [-0.15, -0.1) is 0 Å². The van der Waals surface area contributed by atoms with Gasteiger partial charge in [-0.3, -0.25) is 0 Å². The summed E-state index contributed by atoms with van der Waals surface area (Å²) in [4.78, 5) is 0. The highest BCUT2D eigenvalue weighted by Gasteiger charge is 2.11. The molecule has 0 aliphatic heterocycles. The summed E-state index contributed by atoms with van der Waals surface area (Å²) in [7, 11) is 0. The molecule has 0 saturated heterocycles. The fourth-order valence-electron chi connectivity index (χ4n) is 1.52. The van der Waals surface area contributed by atoms with Crippen LogP contribution in [0.4, 0.5) is 4.39 Å². The molecule has 1 heterocycles. The molecular weight excluding hydrogens is 287 g/mol. The van der Waals surface area contributed by atoms with Crippen molar-refractivity contribution in [1.29, 1.82) is 0 Å². The molecule has 1 aromatic carbocycles. The first kappa shape index (κ1) is 12.1. The van der Waals surface area contributed by atoms with Crippen LogP contribution in [-0.2, 0) is 6.42 Å². The number of rotatable bonds is 3. The third-order valence-corrected chi connectivity index (χ3v) is 3.19. The van der Waals surface area contributed by atoms with E-state index in [0.717, 1.165) is 4.47 Å². The molecule has 3 nitrogen and oxygen atoms in total. The zero-order valence-corrected chi connectivity index (χ0v) is 10.4. The van der Waals surface area contributed by atoms with Gasteiger partial charge in [-0.25, -0.2) is 4.39 Å². The molecule has 1 aromatic heterocycles. The van der Waals surface area contributed by atoms with Crippen molar-refractivity contribution in [3.05, 3.63) is 58.1 Å². The SMILES string of the molecule is OC(Cc1cc(F)ccc1Br)c1ccnnc1. The summed E-state index contributed by atoms with van der Waals surface area (Å²) < 4.78 is 13.9. The van der Waals surface area contributed by atoms with Gasteiger partial charge in [-0.2, -0.15) is 10.2 Å². The molecule has 0 aliphatic carbocycles. The van der Waals surface area contributed by atoms with Gasteiger partial charge in [0, 0.05) is 22.7 Å². The highest BCUT2D eigenvalue weighted by molar-refractivity contribution is 9.10. The summed E-state index contributed by atoms with van der Waals surface area (Å²) in [6.45, 7) is 0. The molecule has 1 atom stereocenters. The highest BCUT2D eigenvalue weighted by atomic mass is 79.9. The van der Waals surface area contributed by atoms with Crippen LogP contribution < -0.4 is 0 Å². The van der Waals surface area contributed by atoms with Gasteiger partial charge in [-0.1, -0.05) is 15.9 Å². The maximum absolute atomic E-state index is 13.1. The standard InChI is InChI=1S/C12H10BrFN2O/c13-11-2-1-10(14)5-9(11)6-12(17)8-3-4-15-16-7-8/h1-5,7,12,17H,6H2. The molecule has 0 fully saturated rings. The number of aliphatic hydroxyl groups is 1. The minimum Gasteiger partial charge on any atom is -0.388 e. The maximum Gasteiger partial charge on any atom is 0.123 e. The van der Waals surface area contributed by atoms with E-state index in [0.29, 0.717) is 17.5 Å². The van der Waals surface area contributed by atoms with Crippen LogP contribution in [0.2, 0.25) is 0 Å². The average molecular weight is 297 g/mol. The maximum atomic E-state index is 13.1. The minimum absolute atomic E-state index is 0.316. The van der Waals surface area contributed by atoms with Crippen molar-refractivity contribution < 1.29 is 9.50 Å². The highest BCUT2D eigenvalue weighted by Crippen LogP contribution is 2.24. The van der Waals surface area contributed by atoms with E-state index in [2.05, 4.69) is 26.1 Å². The summed E-state index contributed by atoms with van der Waals surface area (Å²) >= 11 is 3.33. The number of halogens is 2. The lowest BCUT2D eigenvalue weighted by atomic mass is 10.0. The predicted octanol–water partition coefficient (Wildman–Crippen LogP) is 2.65. The Balaban J connectivity index is 2.18. The molecule has 2 rings (SSSR count). The number of aromatic nitrogens is 2. The van der Waals surface area contributed by atoms with E-state index in [1.165, 1.54) is 24.5 Å². The van der Waals surface area contributed by atoms with E-state index >= 15 is 0 Å². The van der Waals surface area contributed by atoms with Gasteiger partial charge in [0.05, 0.1) is 12.3 Å². The lowest BCUT2D eigenvalue weighted by Crippen LogP contribution is -2.03. The molecule has 0 radical (unpaired) electrons. The lowest BCUT2D eigenvalue weighted by Gasteiger charge is -2.11. The molecule has 1 N–H and O–H groups in total. The Kier molecular flexibility index (Phi) is 3.81. The Labute approximate surface area is 106 Å². The smallest absolute Gasteiger partial charge is 0.123 e. The number of aliphatic hydroxyl groups excluding tert-OH is 1. The molecule has 2 aromatic rings. The Morgan fingerprint density at radius 1 is 1.29 bits per heavy atom. The van der Waals surface area contributed by atoms with Gasteiger partial charge >= 0.3 is 0 Å². The van der Waals surface area contributed by atoms with Crippen molar-refractivity contribution in [2.75, 3.05) is 0 Å². The van der Waals surface area contributed by atoms with Crippen LogP contribution in [0.5, 0.6) is 0 Å². The lowest BCUT2D eigenvalue weighted by molar-refractivity contribution is 0.177. The minimum atomic E-state index is -0.719. The van der Waals surface area contributed by atoms with Crippen molar-refractivity contribution in [3.63, 3.8) is 0 Å². The van der Waals surface area contributed by atoms with Crippen molar-refractivity contribution in [3.8, 4) is 0 Å². The normalized spacial score (nSPS) is 12.4. The fraction of sp³-hybridized carbons (Fsp3) is 0.167. The number of benzene rings is 1. The first-order chi connectivity index (χ1) is 8.16. The van der Waals surface area contributed by atoms with Crippen LogP contribution in [0.1, 0.15) is 17.2 Å². The Morgan fingerprint density at radius 2 is 2.12 bits per heavy atom. The topological polar surface area (TPSA) is 46.0 Å². The molecule has 17 heavy (non-hydrogen) atoms. The van der Waals surface area contributed by atoms with Crippen molar-refractivity contribution in [1.82, 2.24) is 10.2 Å². The molecule has 0 saturated carbocycles. The van der Waals surface area contributed by atoms with E-state index in [9.17, 15) is 9.50 Å². The Hall–Kier alpha value is -1.33. The molecule has 0 amide bonds. The van der Waals surface area contributed by atoms with Crippen LogP contribution in [0.15, 0.2) is 41.1 Å². The molecular formula is C12H10BrFN2O. The summed E-state index contributed by atoms with van der Waals surface area (Å²) in [5.74, 6) is -0.316. The van der Waals surface area contributed by atoms with Gasteiger partial charge in [0.2, 0.25) is 0 Å².